The number of methoxy groups -OCH3 is 1. The number of ether oxygens (including phenoxy) is 3. The van der Waals surface area contributed by atoms with E-state index in [-0.39, 0.29) is 17.7 Å². The number of carbonyl (C=O) groups is 1. The zero-order valence-corrected chi connectivity index (χ0v) is 19.7. The highest BCUT2D eigenvalue weighted by molar-refractivity contribution is 5.65. The van der Waals surface area contributed by atoms with Gasteiger partial charge in [-0.3, -0.25) is 0 Å². The van der Waals surface area contributed by atoms with E-state index < -0.39 is 11.9 Å². The van der Waals surface area contributed by atoms with Crippen molar-refractivity contribution in [3.05, 3.63) is 71.3 Å². The molecule has 3 aromatic rings. The molecule has 1 aliphatic heterocycles. The van der Waals surface area contributed by atoms with Crippen LogP contribution in [0.3, 0.4) is 0 Å². The normalized spacial score (nSPS) is 14.0. The van der Waals surface area contributed by atoms with Gasteiger partial charge >= 0.3 is 6.09 Å². The van der Waals surface area contributed by atoms with Crippen molar-refractivity contribution in [2.24, 2.45) is 0 Å². The summed E-state index contributed by atoms with van der Waals surface area (Å²) < 4.78 is 31.8. The van der Waals surface area contributed by atoms with Gasteiger partial charge in [0.2, 0.25) is 11.8 Å². The van der Waals surface area contributed by atoms with Crippen LogP contribution in [0.4, 0.5) is 9.18 Å². The Morgan fingerprint density at radius 3 is 2.66 bits per heavy atom. The molecule has 1 aliphatic rings. The summed E-state index contributed by atoms with van der Waals surface area (Å²) >= 11 is 0. The molecule has 1 N–H and O–H groups in total. The van der Waals surface area contributed by atoms with Crippen LogP contribution in [0.2, 0.25) is 0 Å². The fraction of sp³-hybridized carbons (Fsp3) is 0.346. The van der Waals surface area contributed by atoms with Crippen LogP contribution >= 0.6 is 0 Å². The Morgan fingerprint density at radius 1 is 1.14 bits per heavy atom. The number of nitrogens with zero attached hydrogens (tertiary/aromatic N) is 3. The van der Waals surface area contributed by atoms with Crippen molar-refractivity contribution in [2.75, 3.05) is 20.2 Å². The van der Waals surface area contributed by atoms with Crippen LogP contribution in [-0.4, -0.2) is 52.4 Å². The third-order valence-electron chi connectivity index (χ3n) is 5.98. The molecule has 2 aromatic heterocycles. The molecule has 1 fully saturated rings. The lowest BCUT2D eigenvalue weighted by Crippen LogP contribution is -2.41. The standard InChI is InChI=1S/C26H28FN3O5/c1-17-22(34-20-11-14-30(15-12-20)26(31)32)10-13-28-25(17)35-23-9-7-18(16-21(23)27)6-8-19-4-3-5-24(29-19)33-2/h3-5,7,9-10,13,16,20H,6,8,11-12,14-15H2,1-2H3,(H,31,32). The zero-order chi connectivity index (χ0) is 24.8. The average Bonchev–Trinajstić information content (AvgIpc) is 2.87. The SMILES string of the molecule is COc1cccc(CCc2ccc(Oc3nccc(OC4CCN(C(=O)O)CC4)c3C)c(F)c2)n1. The Kier molecular flexibility index (Phi) is 7.64. The lowest BCUT2D eigenvalue weighted by Gasteiger charge is -2.30. The van der Waals surface area contributed by atoms with Crippen LogP contribution in [0.5, 0.6) is 23.3 Å². The van der Waals surface area contributed by atoms with Gasteiger partial charge in [0.25, 0.3) is 0 Å². The molecular formula is C26H28FN3O5. The highest BCUT2D eigenvalue weighted by Crippen LogP contribution is 2.32. The van der Waals surface area contributed by atoms with Crippen LogP contribution in [0, 0.1) is 12.7 Å². The molecule has 0 unspecified atom stereocenters. The smallest absolute Gasteiger partial charge is 0.407 e. The fourth-order valence-electron chi connectivity index (χ4n) is 3.94. The van der Waals surface area contributed by atoms with E-state index in [2.05, 4.69) is 9.97 Å². The molecule has 4 rings (SSSR count). The van der Waals surface area contributed by atoms with Crippen molar-refractivity contribution in [1.29, 1.82) is 0 Å². The number of likely N-dealkylation sites (tertiary alicyclic amines) is 1. The van der Waals surface area contributed by atoms with Crippen molar-refractivity contribution in [1.82, 2.24) is 14.9 Å². The lowest BCUT2D eigenvalue weighted by molar-refractivity contribution is 0.0889. The predicted octanol–water partition coefficient (Wildman–Crippen LogP) is 5.03. The molecule has 0 aliphatic carbocycles. The minimum absolute atomic E-state index is 0.0794. The summed E-state index contributed by atoms with van der Waals surface area (Å²) in [5, 5.41) is 9.10. The van der Waals surface area contributed by atoms with Gasteiger partial charge in [-0.1, -0.05) is 12.1 Å². The first-order valence-corrected chi connectivity index (χ1v) is 11.5. The molecular weight excluding hydrogens is 453 g/mol. The van der Waals surface area contributed by atoms with E-state index in [1.54, 1.807) is 38.4 Å². The number of hydrogen-bond donors (Lipinski definition) is 1. The van der Waals surface area contributed by atoms with E-state index in [4.69, 9.17) is 19.3 Å². The molecule has 0 radical (unpaired) electrons. The molecule has 184 valence electrons. The third kappa shape index (κ3) is 6.17. The van der Waals surface area contributed by atoms with Gasteiger partial charge in [-0.15, -0.1) is 0 Å². The Morgan fingerprint density at radius 2 is 1.94 bits per heavy atom. The minimum atomic E-state index is -0.913. The van der Waals surface area contributed by atoms with Crippen molar-refractivity contribution >= 4 is 6.09 Å². The van der Waals surface area contributed by atoms with E-state index >= 15 is 0 Å². The van der Waals surface area contributed by atoms with Crippen molar-refractivity contribution < 1.29 is 28.5 Å². The number of benzene rings is 1. The Balaban J connectivity index is 1.38. The number of pyridine rings is 2. The van der Waals surface area contributed by atoms with Gasteiger partial charge in [0, 0.05) is 43.9 Å². The van der Waals surface area contributed by atoms with Gasteiger partial charge in [0.05, 0.1) is 12.7 Å². The van der Waals surface area contributed by atoms with Crippen molar-refractivity contribution in [3.63, 3.8) is 0 Å². The summed E-state index contributed by atoms with van der Waals surface area (Å²) in [6, 6.07) is 12.2. The number of piperidine rings is 1. The molecule has 1 saturated heterocycles. The first kappa shape index (κ1) is 24.3. The van der Waals surface area contributed by atoms with Crippen LogP contribution in [0.25, 0.3) is 0 Å². The van der Waals surface area contributed by atoms with E-state index in [1.165, 1.54) is 11.0 Å². The maximum atomic E-state index is 14.8. The predicted molar refractivity (Wildman–Crippen MR) is 127 cm³/mol. The Labute approximate surface area is 203 Å². The summed E-state index contributed by atoms with van der Waals surface area (Å²) in [4.78, 5) is 21.1. The number of rotatable bonds is 8. The summed E-state index contributed by atoms with van der Waals surface area (Å²) in [5.74, 6) is 1.01. The zero-order valence-electron chi connectivity index (χ0n) is 19.7. The van der Waals surface area contributed by atoms with Gasteiger partial charge in [-0.2, -0.15) is 0 Å². The third-order valence-corrected chi connectivity index (χ3v) is 5.98. The lowest BCUT2D eigenvalue weighted by atomic mass is 10.1. The van der Waals surface area contributed by atoms with Crippen LogP contribution in [0.15, 0.2) is 48.7 Å². The molecule has 8 nitrogen and oxygen atoms in total. The van der Waals surface area contributed by atoms with E-state index in [1.807, 2.05) is 18.2 Å². The molecule has 0 atom stereocenters. The largest absolute Gasteiger partial charge is 0.490 e. The molecule has 9 heteroatoms. The molecule has 0 spiro atoms. The Hall–Kier alpha value is -3.88. The van der Waals surface area contributed by atoms with Gasteiger partial charge in [-0.05, 0) is 49.6 Å². The quantitative estimate of drug-likeness (QED) is 0.482. The van der Waals surface area contributed by atoms with Gasteiger partial charge < -0.3 is 24.2 Å². The second-order valence-electron chi connectivity index (χ2n) is 8.36. The highest BCUT2D eigenvalue weighted by Gasteiger charge is 2.24. The molecule has 1 aromatic carbocycles. The molecule has 0 saturated carbocycles. The monoisotopic (exact) mass is 481 g/mol. The average molecular weight is 482 g/mol. The first-order valence-electron chi connectivity index (χ1n) is 11.5. The van der Waals surface area contributed by atoms with Crippen LogP contribution in [0.1, 0.15) is 29.7 Å². The number of carboxylic acid groups (broad SMARTS) is 1. The summed E-state index contributed by atoms with van der Waals surface area (Å²) in [7, 11) is 1.57. The van der Waals surface area contributed by atoms with Gasteiger partial charge in [-0.25, -0.2) is 19.2 Å². The fourth-order valence-corrected chi connectivity index (χ4v) is 3.94. The van der Waals surface area contributed by atoms with E-state index in [0.717, 1.165) is 11.3 Å². The maximum absolute atomic E-state index is 14.8. The second kappa shape index (κ2) is 11.0. The molecule has 3 heterocycles. The number of aryl methyl sites for hydroxylation is 2. The van der Waals surface area contributed by atoms with Crippen LogP contribution in [-0.2, 0) is 12.8 Å². The number of aromatic nitrogens is 2. The summed E-state index contributed by atoms with van der Waals surface area (Å²) in [6.45, 7) is 2.66. The number of hydrogen-bond acceptors (Lipinski definition) is 6. The minimum Gasteiger partial charge on any atom is -0.490 e. The highest BCUT2D eigenvalue weighted by atomic mass is 19.1. The first-order chi connectivity index (χ1) is 16.9. The van der Waals surface area contributed by atoms with Gasteiger partial charge in [0.1, 0.15) is 11.9 Å². The molecule has 1 amide bonds. The summed E-state index contributed by atoms with van der Waals surface area (Å²) in [5.41, 5.74) is 2.35. The topological polar surface area (TPSA) is 94.0 Å². The van der Waals surface area contributed by atoms with Crippen molar-refractivity contribution in [3.8, 4) is 23.3 Å². The number of amides is 1. The van der Waals surface area contributed by atoms with Crippen LogP contribution < -0.4 is 14.2 Å². The second-order valence-corrected chi connectivity index (χ2v) is 8.36. The molecule has 35 heavy (non-hydrogen) atoms. The van der Waals surface area contributed by atoms with Crippen molar-refractivity contribution in [2.45, 2.75) is 38.7 Å². The Bertz CT molecular complexity index is 1180. The van der Waals surface area contributed by atoms with E-state index in [0.29, 0.717) is 56.0 Å². The number of halogens is 1. The van der Waals surface area contributed by atoms with Gasteiger partial charge in [0.15, 0.2) is 11.6 Å². The van der Waals surface area contributed by atoms with E-state index in [9.17, 15) is 9.18 Å². The molecule has 0 bridgehead atoms. The summed E-state index contributed by atoms with van der Waals surface area (Å²) in [6.07, 6.45) is 3.02. The maximum Gasteiger partial charge on any atom is 0.407 e.